The lowest BCUT2D eigenvalue weighted by molar-refractivity contribution is -0.137. The van der Waals surface area contributed by atoms with Crippen molar-refractivity contribution in [3.63, 3.8) is 0 Å². The SMILES string of the molecule is O=C1CCC(N2Cc3cc(OC[C@H]4CCCCN4C(=O)Cc4ccc(-n5cccn5)cc4)ccc3C2=O)C(=O)N1. The van der Waals surface area contributed by atoms with Gasteiger partial charge in [0.05, 0.1) is 18.2 Å². The van der Waals surface area contributed by atoms with Gasteiger partial charge in [-0.2, -0.15) is 5.10 Å². The van der Waals surface area contributed by atoms with Crippen molar-refractivity contribution in [3.05, 3.63) is 77.6 Å². The van der Waals surface area contributed by atoms with Crippen LogP contribution in [-0.4, -0.2) is 68.4 Å². The van der Waals surface area contributed by atoms with E-state index in [1.165, 1.54) is 4.90 Å². The van der Waals surface area contributed by atoms with Gasteiger partial charge in [-0.1, -0.05) is 12.1 Å². The predicted octanol–water partition coefficient (Wildman–Crippen LogP) is 2.64. The van der Waals surface area contributed by atoms with Crippen molar-refractivity contribution in [2.75, 3.05) is 13.2 Å². The number of fused-ring (bicyclic) bond motifs is 1. The maximum Gasteiger partial charge on any atom is 0.255 e. The van der Waals surface area contributed by atoms with E-state index in [0.29, 0.717) is 43.9 Å². The number of hydrogen-bond acceptors (Lipinski definition) is 6. The van der Waals surface area contributed by atoms with E-state index >= 15 is 0 Å². The lowest BCUT2D eigenvalue weighted by atomic mass is 10.0. The Kier molecular flexibility index (Phi) is 7.06. The van der Waals surface area contributed by atoms with Gasteiger partial charge in [0, 0.05) is 37.5 Å². The van der Waals surface area contributed by atoms with Crippen LogP contribution in [0.1, 0.15) is 53.6 Å². The van der Waals surface area contributed by atoms with Gasteiger partial charge in [-0.25, -0.2) is 4.68 Å². The maximum absolute atomic E-state index is 13.3. The molecule has 1 unspecified atom stereocenters. The van der Waals surface area contributed by atoms with Gasteiger partial charge in [0.2, 0.25) is 17.7 Å². The summed E-state index contributed by atoms with van der Waals surface area (Å²) in [7, 11) is 0. The highest BCUT2D eigenvalue weighted by atomic mass is 16.5. The largest absolute Gasteiger partial charge is 0.491 e. The number of carbonyl (C=O) groups is 4. The number of rotatable bonds is 7. The summed E-state index contributed by atoms with van der Waals surface area (Å²) >= 11 is 0. The van der Waals surface area contributed by atoms with Crippen LogP contribution in [0.5, 0.6) is 5.75 Å². The Morgan fingerprint density at radius 1 is 1.05 bits per heavy atom. The van der Waals surface area contributed by atoms with E-state index in [-0.39, 0.29) is 30.2 Å². The first kappa shape index (κ1) is 25.8. The Morgan fingerprint density at radius 2 is 1.90 bits per heavy atom. The molecule has 4 heterocycles. The number of aromatic nitrogens is 2. The standard InChI is InChI=1S/C30H31N5O5/c36-27-12-11-26(29(38)32-27)34-18-21-17-24(9-10-25(21)30(34)39)40-19-23-4-1-2-14-33(23)28(37)16-20-5-7-22(8-6-20)35-15-3-13-31-35/h3,5-10,13,15,17,23,26H,1-2,4,11-12,14,16,18-19H2,(H,32,36,38)/t23-,26?/m1/s1. The fourth-order valence-corrected chi connectivity index (χ4v) is 5.80. The summed E-state index contributed by atoms with van der Waals surface area (Å²) in [6, 6.07) is 14.4. The molecular formula is C30H31N5O5. The summed E-state index contributed by atoms with van der Waals surface area (Å²) in [5.41, 5.74) is 3.24. The lowest BCUT2D eigenvalue weighted by Gasteiger charge is -2.35. The zero-order chi connectivity index (χ0) is 27.6. The fourth-order valence-electron chi connectivity index (χ4n) is 5.80. The van der Waals surface area contributed by atoms with Crippen LogP contribution >= 0.6 is 0 Å². The number of piperidine rings is 2. The van der Waals surface area contributed by atoms with Crippen LogP contribution in [0.15, 0.2) is 60.9 Å². The number of nitrogens with one attached hydrogen (secondary N) is 1. The van der Waals surface area contributed by atoms with E-state index in [2.05, 4.69) is 10.4 Å². The molecule has 2 aromatic carbocycles. The van der Waals surface area contributed by atoms with Crippen LogP contribution in [-0.2, 0) is 27.3 Å². The molecule has 1 aromatic heterocycles. The van der Waals surface area contributed by atoms with Gasteiger partial charge in [0.1, 0.15) is 18.4 Å². The molecule has 3 aromatic rings. The minimum absolute atomic E-state index is 0.0283. The molecule has 10 heteroatoms. The van der Waals surface area contributed by atoms with Crippen molar-refractivity contribution in [2.45, 2.75) is 57.2 Å². The topological polar surface area (TPSA) is 114 Å². The van der Waals surface area contributed by atoms with Gasteiger partial charge >= 0.3 is 0 Å². The van der Waals surface area contributed by atoms with Crippen molar-refractivity contribution in [1.29, 1.82) is 0 Å². The molecule has 0 spiro atoms. The monoisotopic (exact) mass is 541 g/mol. The summed E-state index contributed by atoms with van der Waals surface area (Å²) in [5.74, 6) is -0.231. The van der Waals surface area contributed by atoms with E-state index in [0.717, 1.165) is 36.1 Å². The number of amides is 4. The van der Waals surface area contributed by atoms with Crippen LogP contribution in [0.25, 0.3) is 5.69 Å². The summed E-state index contributed by atoms with van der Waals surface area (Å²) in [5, 5.41) is 6.57. The maximum atomic E-state index is 13.3. The summed E-state index contributed by atoms with van der Waals surface area (Å²) in [6.45, 7) is 1.37. The molecule has 1 N–H and O–H groups in total. The first-order chi connectivity index (χ1) is 19.5. The Labute approximate surface area is 231 Å². The Hall–Kier alpha value is -4.47. The molecule has 0 saturated carbocycles. The highest BCUT2D eigenvalue weighted by molar-refractivity contribution is 6.05. The lowest BCUT2D eigenvalue weighted by Crippen LogP contribution is -2.52. The number of likely N-dealkylation sites (tertiary alicyclic amines) is 1. The van der Waals surface area contributed by atoms with Crippen LogP contribution < -0.4 is 10.1 Å². The third-order valence-electron chi connectivity index (χ3n) is 7.95. The van der Waals surface area contributed by atoms with Crippen molar-refractivity contribution in [1.82, 2.24) is 24.9 Å². The molecule has 2 saturated heterocycles. The number of ether oxygens (including phenoxy) is 1. The molecule has 3 aliphatic heterocycles. The number of carbonyl (C=O) groups excluding carboxylic acids is 4. The zero-order valence-electron chi connectivity index (χ0n) is 22.1. The zero-order valence-corrected chi connectivity index (χ0v) is 22.1. The average Bonchev–Trinajstić information content (AvgIpc) is 3.61. The van der Waals surface area contributed by atoms with E-state index in [9.17, 15) is 19.2 Å². The normalized spacial score (nSPS) is 20.9. The molecule has 4 amide bonds. The summed E-state index contributed by atoms with van der Waals surface area (Å²) < 4.78 is 7.93. The molecular weight excluding hydrogens is 510 g/mol. The Balaban J connectivity index is 1.07. The van der Waals surface area contributed by atoms with E-state index in [1.807, 2.05) is 47.5 Å². The summed E-state index contributed by atoms with van der Waals surface area (Å²) in [6.07, 6.45) is 7.36. The van der Waals surface area contributed by atoms with E-state index in [1.54, 1.807) is 23.0 Å². The molecule has 3 aliphatic rings. The fraction of sp³-hybridized carbons (Fsp3) is 0.367. The molecule has 6 rings (SSSR count). The molecule has 0 radical (unpaired) electrons. The highest BCUT2D eigenvalue weighted by Gasteiger charge is 2.39. The van der Waals surface area contributed by atoms with Gasteiger partial charge in [-0.15, -0.1) is 0 Å². The number of imide groups is 1. The Morgan fingerprint density at radius 3 is 2.67 bits per heavy atom. The van der Waals surface area contributed by atoms with Gasteiger partial charge in [-0.3, -0.25) is 24.5 Å². The van der Waals surface area contributed by atoms with Crippen LogP contribution in [0, 0.1) is 0 Å². The molecule has 206 valence electrons. The molecule has 10 nitrogen and oxygen atoms in total. The quantitative estimate of drug-likeness (QED) is 0.460. The van der Waals surface area contributed by atoms with Gasteiger partial charge in [0.15, 0.2) is 0 Å². The molecule has 2 atom stereocenters. The van der Waals surface area contributed by atoms with Gasteiger partial charge < -0.3 is 14.5 Å². The minimum atomic E-state index is -0.648. The minimum Gasteiger partial charge on any atom is -0.491 e. The predicted molar refractivity (Wildman–Crippen MR) is 145 cm³/mol. The van der Waals surface area contributed by atoms with Crippen LogP contribution in [0.3, 0.4) is 0 Å². The molecule has 2 fully saturated rings. The number of hydrogen-bond donors (Lipinski definition) is 1. The Bertz CT molecular complexity index is 1440. The van der Waals surface area contributed by atoms with Crippen molar-refractivity contribution in [2.24, 2.45) is 0 Å². The highest BCUT2D eigenvalue weighted by Crippen LogP contribution is 2.30. The molecule has 0 aliphatic carbocycles. The van der Waals surface area contributed by atoms with Crippen molar-refractivity contribution in [3.8, 4) is 11.4 Å². The number of benzene rings is 2. The third kappa shape index (κ3) is 5.21. The van der Waals surface area contributed by atoms with Crippen molar-refractivity contribution < 1.29 is 23.9 Å². The van der Waals surface area contributed by atoms with Gasteiger partial charge in [0.25, 0.3) is 5.91 Å². The van der Waals surface area contributed by atoms with Crippen LogP contribution in [0.4, 0.5) is 0 Å². The molecule has 0 bridgehead atoms. The third-order valence-corrected chi connectivity index (χ3v) is 7.95. The first-order valence-electron chi connectivity index (χ1n) is 13.7. The molecule has 40 heavy (non-hydrogen) atoms. The smallest absolute Gasteiger partial charge is 0.255 e. The van der Waals surface area contributed by atoms with E-state index in [4.69, 9.17) is 4.74 Å². The van der Waals surface area contributed by atoms with Gasteiger partial charge in [-0.05, 0) is 73.2 Å². The average molecular weight is 542 g/mol. The second kappa shape index (κ2) is 11.0. The number of nitrogens with zero attached hydrogens (tertiary/aromatic N) is 4. The van der Waals surface area contributed by atoms with Crippen LogP contribution in [0.2, 0.25) is 0 Å². The van der Waals surface area contributed by atoms with Crippen molar-refractivity contribution >= 4 is 23.6 Å². The summed E-state index contributed by atoms with van der Waals surface area (Å²) in [4.78, 5) is 53.5. The second-order valence-corrected chi connectivity index (χ2v) is 10.6. The second-order valence-electron chi connectivity index (χ2n) is 10.6. The van der Waals surface area contributed by atoms with E-state index < -0.39 is 11.9 Å². The first-order valence-corrected chi connectivity index (χ1v) is 13.7.